The van der Waals surface area contributed by atoms with Crippen molar-refractivity contribution in [1.82, 2.24) is 15.0 Å². The van der Waals surface area contributed by atoms with Gasteiger partial charge in [-0.05, 0) is 39.0 Å². The molecule has 128 valence electrons. The molecule has 0 saturated heterocycles. The maximum Gasteiger partial charge on any atom is 0.277 e. The minimum absolute atomic E-state index is 0.0772. The lowest BCUT2D eigenvalue weighted by molar-refractivity contribution is -0.153. The Morgan fingerprint density at radius 2 is 2.00 bits per heavy atom. The van der Waals surface area contributed by atoms with Gasteiger partial charge in [-0.2, -0.15) is 0 Å². The lowest BCUT2D eigenvalue weighted by atomic mass is 10.1. The highest BCUT2D eigenvalue weighted by atomic mass is 16.7. The molecular weight excluding hydrogens is 310 g/mol. The van der Waals surface area contributed by atoms with E-state index in [4.69, 9.17) is 4.84 Å². The first kappa shape index (κ1) is 17.8. The first-order valence-corrected chi connectivity index (χ1v) is 7.53. The van der Waals surface area contributed by atoms with Crippen molar-refractivity contribution in [2.45, 2.75) is 39.5 Å². The van der Waals surface area contributed by atoms with Gasteiger partial charge in [-0.3, -0.25) is 19.4 Å². The van der Waals surface area contributed by atoms with E-state index >= 15 is 0 Å². The molecule has 7 nitrogen and oxygen atoms in total. The maximum atomic E-state index is 12.1. The molecule has 0 fully saturated rings. The predicted molar refractivity (Wildman–Crippen MR) is 88.0 cm³/mol. The molecule has 2 heterocycles. The van der Waals surface area contributed by atoms with Gasteiger partial charge in [-0.25, -0.2) is 5.48 Å². The molecule has 7 heteroatoms. The third-order valence-corrected chi connectivity index (χ3v) is 3.55. The molecule has 0 spiro atoms. The van der Waals surface area contributed by atoms with Crippen LogP contribution in [-0.4, -0.2) is 26.2 Å². The molecule has 1 unspecified atom stereocenters. The summed E-state index contributed by atoms with van der Waals surface area (Å²) in [5.74, 6) is -0.731. The van der Waals surface area contributed by atoms with E-state index in [0.29, 0.717) is 11.4 Å². The van der Waals surface area contributed by atoms with Crippen LogP contribution >= 0.6 is 0 Å². The van der Waals surface area contributed by atoms with Crippen molar-refractivity contribution in [2.24, 2.45) is 0 Å². The predicted octanol–water partition coefficient (Wildman–Crippen LogP) is 0.859. The van der Waals surface area contributed by atoms with Gasteiger partial charge in [-0.15, -0.1) is 0 Å². The lowest BCUT2D eigenvalue weighted by Gasteiger charge is -2.24. The fourth-order valence-electron chi connectivity index (χ4n) is 2.17. The first-order chi connectivity index (χ1) is 11.3. The van der Waals surface area contributed by atoms with Gasteiger partial charge in [0.25, 0.3) is 11.5 Å². The number of hydroxylamine groups is 1. The molecule has 0 aliphatic carbocycles. The number of carbonyl (C=O) groups is 1. The summed E-state index contributed by atoms with van der Waals surface area (Å²) in [6.45, 7) is 4.82. The number of nitrogens with one attached hydrogen (secondary N) is 1. The lowest BCUT2D eigenvalue weighted by Crippen LogP contribution is -2.49. The highest BCUT2D eigenvalue weighted by Gasteiger charge is 2.32. The second-order valence-corrected chi connectivity index (χ2v) is 5.86. The van der Waals surface area contributed by atoms with Gasteiger partial charge in [0.05, 0.1) is 12.2 Å². The highest BCUT2D eigenvalue weighted by molar-refractivity contribution is 5.83. The Labute approximate surface area is 139 Å². The van der Waals surface area contributed by atoms with E-state index in [1.54, 1.807) is 25.1 Å². The molecule has 0 saturated carbocycles. The van der Waals surface area contributed by atoms with Crippen molar-refractivity contribution in [2.75, 3.05) is 0 Å². The number of rotatable bonds is 6. The third kappa shape index (κ3) is 4.50. The normalized spacial score (nSPS) is 13.3. The van der Waals surface area contributed by atoms with E-state index in [-0.39, 0.29) is 18.7 Å². The summed E-state index contributed by atoms with van der Waals surface area (Å²) in [5.41, 5.74) is 2.28. The molecule has 2 rings (SSSR count). The average Bonchev–Trinajstić information content (AvgIpc) is 2.51. The Hall–Kier alpha value is -2.51. The number of carbonyl (C=O) groups excluding carboxylic acids is 1. The number of amides is 1. The molecule has 2 aromatic rings. The van der Waals surface area contributed by atoms with E-state index in [0.717, 1.165) is 5.69 Å². The van der Waals surface area contributed by atoms with E-state index in [1.807, 2.05) is 19.1 Å². The number of hydrogen-bond donors (Lipinski definition) is 2. The fourth-order valence-corrected chi connectivity index (χ4v) is 2.17. The number of nitrogens with zero attached hydrogens (tertiary/aromatic N) is 2. The van der Waals surface area contributed by atoms with Crippen LogP contribution in [0.1, 0.15) is 24.0 Å². The Morgan fingerprint density at radius 3 is 2.67 bits per heavy atom. The van der Waals surface area contributed by atoms with Gasteiger partial charge >= 0.3 is 0 Å². The van der Waals surface area contributed by atoms with Crippen LogP contribution in [0.2, 0.25) is 0 Å². The summed E-state index contributed by atoms with van der Waals surface area (Å²) in [6, 6.07) is 10.2. The van der Waals surface area contributed by atoms with Crippen LogP contribution in [0.5, 0.6) is 0 Å². The fraction of sp³-hybridized carbons (Fsp3) is 0.353. The minimum atomic E-state index is -1.80. The van der Waals surface area contributed by atoms with E-state index in [1.165, 1.54) is 17.6 Å². The molecule has 24 heavy (non-hydrogen) atoms. The summed E-state index contributed by atoms with van der Waals surface area (Å²) in [7, 11) is 0. The smallest absolute Gasteiger partial charge is 0.277 e. The van der Waals surface area contributed by atoms with Crippen LogP contribution in [0.15, 0.2) is 41.2 Å². The molecule has 0 aromatic carbocycles. The van der Waals surface area contributed by atoms with Crippen molar-refractivity contribution in [1.29, 1.82) is 0 Å². The van der Waals surface area contributed by atoms with Crippen molar-refractivity contribution >= 4 is 5.91 Å². The molecule has 1 amide bonds. The zero-order valence-corrected chi connectivity index (χ0v) is 13.9. The number of aliphatic hydroxyl groups is 1. The van der Waals surface area contributed by atoms with Crippen molar-refractivity contribution in [3.05, 3.63) is 63.8 Å². The van der Waals surface area contributed by atoms with Gasteiger partial charge in [-0.1, -0.05) is 12.1 Å². The Morgan fingerprint density at radius 1 is 1.29 bits per heavy atom. The summed E-state index contributed by atoms with van der Waals surface area (Å²) in [6.07, 6.45) is 0. The summed E-state index contributed by atoms with van der Waals surface area (Å²) >= 11 is 0. The van der Waals surface area contributed by atoms with Crippen LogP contribution in [0.4, 0.5) is 0 Å². The van der Waals surface area contributed by atoms with Crippen molar-refractivity contribution < 1.29 is 14.7 Å². The maximum absolute atomic E-state index is 12.1. The Kier molecular flexibility index (Phi) is 5.48. The van der Waals surface area contributed by atoms with Gasteiger partial charge in [0.1, 0.15) is 6.61 Å². The molecule has 0 aliphatic heterocycles. The van der Waals surface area contributed by atoms with Crippen molar-refractivity contribution in [3.8, 4) is 0 Å². The largest absolute Gasteiger partial charge is 0.378 e. The number of aryl methyl sites for hydroxylation is 2. The van der Waals surface area contributed by atoms with Crippen LogP contribution < -0.4 is 11.0 Å². The monoisotopic (exact) mass is 331 g/mol. The Bertz CT molecular complexity index is 783. The van der Waals surface area contributed by atoms with Crippen molar-refractivity contribution in [3.63, 3.8) is 0 Å². The second-order valence-electron chi connectivity index (χ2n) is 5.86. The minimum Gasteiger partial charge on any atom is -0.378 e. The standard InChI is InChI=1S/C17H21N3O4/c1-12-6-4-8-14(18-12)10-24-19-16(22)17(3,23)11-20-13(2)7-5-9-15(20)21/h4-9,23H,10-11H2,1-3H3,(H,19,22). The van der Waals surface area contributed by atoms with Crippen LogP contribution in [-0.2, 0) is 22.8 Å². The van der Waals surface area contributed by atoms with Gasteiger partial charge in [0, 0.05) is 17.5 Å². The number of hydrogen-bond acceptors (Lipinski definition) is 5. The van der Waals surface area contributed by atoms with E-state index in [9.17, 15) is 14.7 Å². The topological polar surface area (TPSA) is 93.5 Å². The number of aromatic nitrogens is 2. The highest BCUT2D eigenvalue weighted by Crippen LogP contribution is 2.09. The quantitative estimate of drug-likeness (QED) is 0.766. The molecule has 2 aromatic heterocycles. The molecule has 0 bridgehead atoms. The molecule has 0 radical (unpaired) electrons. The van der Waals surface area contributed by atoms with Crippen LogP contribution in [0, 0.1) is 13.8 Å². The van der Waals surface area contributed by atoms with Crippen LogP contribution in [0.25, 0.3) is 0 Å². The summed E-state index contributed by atoms with van der Waals surface area (Å²) < 4.78 is 1.34. The summed E-state index contributed by atoms with van der Waals surface area (Å²) in [5, 5.41) is 10.4. The Balaban J connectivity index is 1.96. The zero-order chi connectivity index (χ0) is 17.7. The van der Waals surface area contributed by atoms with Gasteiger partial charge in [0.15, 0.2) is 5.60 Å². The van der Waals surface area contributed by atoms with E-state index in [2.05, 4.69) is 10.5 Å². The van der Waals surface area contributed by atoms with Gasteiger partial charge in [0.2, 0.25) is 0 Å². The molecule has 2 N–H and O–H groups in total. The van der Waals surface area contributed by atoms with Gasteiger partial charge < -0.3 is 9.67 Å². The average molecular weight is 331 g/mol. The molecule has 1 atom stereocenters. The third-order valence-electron chi connectivity index (χ3n) is 3.55. The first-order valence-electron chi connectivity index (χ1n) is 7.53. The second kappa shape index (κ2) is 7.37. The van der Waals surface area contributed by atoms with E-state index < -0.39 is 11.5 Å². The number of pyridine rings is 2. The SMILES string of the molecule is Cc1cccc(CONC(=O)C(C)(O)Cn2c(C)cccc2=O)n1. The zero-order valence-electron chi connectivity index (χ0n) is 13.9. The molecule has 0 aliphatic rings. The molecular formula is C17H21N3O4. The van der Waals surface area contributed by atoms with Crippen LogP contribution in [0.3, 0.4) is 0 Å². The summed E-state index contributed by atoms with van der Waals surface area (Å²) in [4.78, 5) is 33.3.